The van der Waals surface area contributed by atoms with E-state index < -0.39 is 5.82 Å². The Morgan fingerprint density at radius 3 is 2.66 bits per heavy atom. The van der Waals surface area contributed by atoms with Crippen molar-refractivity contribution in [3.05, 3.63) is 88.2 Å². The van der Waals surface area contributed by atoms with Gasteiger partial charge in [-0.15, -0.1) is 0 Å². The number of methoxy groups -OCH3 is 1. The van der Waals surface area contributed by atoms with Crippen molar-refractivity contribution in [3.8, 4) is 28.5 Å². The first-order valence-corrected chi connectivity index (χ1v) is 8.96. The Balaban J connectivity index is 1.61. The Hall–Kier alpha value is -3.74. The number of hydrogen-bond acceptors (Lipinski definition) is 5. The molecule has 0 bridgehead atoms. The van der Waals surface area contributed by atoms with E-state index in [1.807, 2.05) is 30.3 Å². The summed E-state index contributed by atoms with van der Waals surface area (Å²) in [6.07, 6.45) is 1.84. The molecule has 0 amide bonds. The van der Waals surface area contributed by atoms with Crippen LogP contribution in [0.15, 0.2) is 70.1 Å². The number of nitrogens with zero attached hydrogens (tertiary/aromatic N) is 3. The molecular formula is C22H18FN3O3. The maximum Gasteiger partial charge on any atom is 0.257 e. The number of ether oxygens (including phenoxy) is 1. The van der Waals surface area contributed by atoms with Crippen LogP contribution in [0.2, 0.25) is 0 Å². The second-order valence-corrected chi connectivity index (χ2v) is 6.55. The van der Waals surface area contributed by atoms with Gasteiger partial charge in [-0.1, -0.05) is 35.5 Å². The summed E-state index contributed by atoms with van der Waals surface area (Å²) in [5.41, 5.74) is 2.44. The Kier molecular flexibility index (Phi) is 4.95. The molecule has 0 aliphatic heterocycles. The number of rotatable bonds is 5. The maximum atomic E-state index is 13.6. The van der Waals surface area contributed by atoms with Crippen LogP contribution in [-0.4, -0.2) is 21.8 Å². The Morgan fingerprint density at radius 2 is 1.90 bits per heavy atom. The third-order valence-electron chi connectivity index (χ3n) is 4.64. The van der Waals surface area contributed by atoms with Gasteiger partial charge in [0.05, 0.1) is 12.8 Å². The molecule has 4 aromatic rings. The monoisotopic (exact) mass is 391 g/mol. The molecule has 0 aliphatic rings. The Morgan fingerprint density at radius 1 is 1.10 bits per heavy atom. The van der Waals surface area contributed by atoms with Gasteiger partial charge in [0, 0.05) is 42.4 Å². The highest BCUT2D eigenvalue weighted by molar-refractivity contribution is 5.60. The van der Waals surface area contributed by atoms with Gasteiger partial charge >= 0.3 is 0 Å². The predicted molar refractivity (Wildman–Crippen MR) is 106 cm³/mol. The summed E-state index contributed by atoms with van der Waals surface area (Å²) in [7, 11) is 3.09. The summed E-state index contributed by atoms with van der Waals surface area (Å²) >= 11 is 0. The first-order valence-electron chi connectivity index (χ1n) is 8.96. The third-order valence-corrected chi connectivity index (χ3v) is 4.64. The van der Waals surface area contributed by atoms with Crippen LogP contribution in [0.25, 0.3) is 22.7 Å². The minimum atomic E-state index is -0.455. The topological polar surface area (TPSA) is 70.2 Å². The van der Waals surface area contributed by atoms with E-state index in [4.69, 9.17) is 9.26 Å². The molecule has 0 aliphatic carbocycles. The smallest absolute Gasteiger partial charge is 0.257 e. The van der Waals surface area contributed by atoms with Crippen molar-refractivity contribution in [1.82, 2.24) is 14.7 Å². The fourth-order valence-electron chi connectivity index (χ4n) is 3.11. The normalized spacial score (nSPS) is 10.9. The molecule has 0 atom stereocenters. The van der Waals surface area contributed by atoms with Gasteiger partial charge in [-0.2, -0.15) is 0 Å². The largest absolute Gasteiger partial charge is 0.494 e. The zero-order valence-corrected chi connectivity index (χ0v) is 15.9. The highest BCUT2D eigenvalue weighted by Gasteiger charge is 2.14. The summed E-state index contributed by atoms with van der Waals surface area (Å²) in [4.78, 5) is 17.2. The average Bonchev–Trinajstić information content (AvgIpc) is 3.21. The van der Waals surface area contributed by atoms with E-state index in [1.54, 1.807) is 25.4 Å². The number of aromatic nitrogens is 3. The van der Waals surface area contributed by atoms with Gasteiger partial charge in [-0.05, 0) is 18.2 Å². The van der Waals surface area contributed by atoms with Crippen LogP contribution < -0.4 is 10.3 Å². The van der Waals surface area contributed by atoms with Crippen molar-refractivity contribution in [2.24, 2.45) is 7.05 Å². The van der Waals surface area contributed by atoms with Gasteiger partial charge in [-0.3, -0.25) is 9.36 Å². The molecule has 0 N–H and O–H groups in total. The van der Waals surface area contributed by atoms with Gasteiger partial charge in [-0.25, -0.2) is 9.37 Å². The minimum Gasteiger partial charge on any atom is -0.494 e. The van der Waals surface area contributed by atoms with E-state index in [0.29, 0.717) is 28.4 Å². The predicted octanol–water partition coefficient (Wildman–Crippen LogP) is 3.84. The molecule has 0 fully saturated rings. The maximum absolute atomic E-state index is 13.6. The van der Waals surface area contributed by atoms with Crippen LogP contribution in [0.3, 0.4) is 0 Å². The molecular weight excluding hydrogens is 373 g/mol. The summed E-state index contributed by atoms with van der Waals surface area (Å²) in [6.45, 7) is 0. The standard InChI is InChI=1S/C22H18FN3O3/c1-26-21(14-6-4-3-5-7-14)24-13-16(22(26)27)10-17-12-19(29-25-17)15-8-9-18(23)20(11-15)28-2/h3-9,11-13H,10H2,1-2H3. The molecule has 2 heterocycles. The van der Waals surface area contributed by atoms with Crippen molar-refractivity contribution in [1.29, 1.82) is 0 Å². The molecule has 2 aromatic heterocycles. The fraction of sp³-hybridized carbons (Fsp3) is 0.136. The molecule has 0 spiro atoms. The van der Waals surface area contributed by atoms with E-state index >= 15 is 0 Å². The summed E-state index contributed by atoms with van der Waals surface area (Å²) in [5, 5.41) is 4.03. The average molecular weight is 391 g/mol. The summed E-state index contributed by atoms with van der Waals surface area (Å²) < 4.78 is 25.5. The molecule has 0 unspecified atom stereocenters. The van der Waals surface area contributed by atoms with Crippen LogP contribution in [0.1, 0.15) is 11.3 Å². The lowest BCUT2D eigenvalue weighted by Gasteiger charge is -2.08. The molecule has 146 valence electrons. The van der Waals surface area contributed by atoms with Crippen LogP contribution in [0.4, 0.5) is 4.39 Å². The van der Waals surface area contributed by atoms with Gasteiger partial charge in [0.25, 0.3) is 5.56 Å². The van der Waals surface area contributed by atoms with Crippen molar-refractivity contribution < 1.29 is 13.7 Å². The van der Waals surface area contributed by atoms with Crippen LogP contribution in [0, 0.1) is 5.82 Å². The van der Waals surface area contributed by atoms with E-state index in [9.17, 15) is 9.18 Å². The van der Waals surface area contributed by atoms with Crippen LogP contribution >= 0.6 is 0 Å². The quantitative estimate of drug-likeness (QED) is 0.517. The molecule has 0 saturated carbocycles. The van der Waals surface area contributed by atoms with Crippen molar-refractivity contribution in [2.45, 2.75) is 6.42 Å². The first kappa shape index (κ1) is 18.6. The number of benzene rings is 2. The van der Waals surface area contributed by atoms with Gasteiger partial charge < -0.3 is 9.26 Å². The van der Waals surface area contributed by atoms with E-state index in [2.05, 4.69) is 10.1 Å². The molecule has 0 radical (unpaired) electrons. The summed E-state index contributed by atoms with van der Waals surface area (Å²) in [6, 6.07) is 15.7. The lowest BCUT2D eigenvalue weighted by molar-refractivity contribution is 0.386. The lowest BCUT2D eigenvalue weighted by Crippen LogP contribution is -2.23. The molecule has 4 rings (SSSR count). The zero-order chi connectivity index (χ0) is 20.4. The van der Waals surface area contributed by atoms with Gasteiger partial charge in [0.15, 0.2) is 17.3 Å². The van der Waals surface area contributed by atoms with E-state index in [-0.39, 0.29) is 17.7 Å². The molecule has 6 nitrogen and oxygen atoms in total. The van der Waals surface area contributed by atoms with E-state index in [1.165, 1.54) is 23.8 Å². The number of hydrogen-bond donors (Lipinski definition) is 0. The van der Waals surface area contributed by atoms with E-state index in [0.717, 1.165) is 5.56 Å². The number of halogens is 1. The Bertz CT molecular complexity index is 1220. The molecule has 2 aromatic carbocycles. The molecule has 7 heteroatoms. The highest BCUT2D eigenvalue weighted by Crippen LogP contribution is 2.27. The van der Waals surface area contributed by atoms with Crippen molar-refractivity contribution in [2.75, 3.05) is 7.11 Å². The van der Waals surface area contributed by atoms with Gasteiger partial charge in [0.1, 0.15) is 5.82 Å². The first-order chi connectivity index (χ1) is 14.1. The molecule has 0 saturated heterocycles. The third kappa shape index (κ3) is 3.67. The van der Waals surface area contributed by atoms with Crippen molar-refractivity contribution in [3.63, 3.8) is 0 Å². The van der Waals surface area contributed by atoms with Crippen molar-refractivity contribution >= 4 is 0 Å². The SMILES string of the molecule is COc1cc(-c2cc(Cc3cnc(-c4ccccc4)n(C)c3=O)no2)ccc1F. The second kappa shape index (κ2) is 7.71. The Labute approximate surface area is 166 Å². The summed E-state index contributed by atoms with van der Waals surface area (Å²) in [5.74, 6) is 0.724. The highest BCUT2D eigenvalue weighted by atomic mass is 19.1. The fourth-order valence-corrected chi connectivity index (χ4v) is 3.11. The second-order valence-electron chi connectivity index (χ2n) is 6.55. The zero-order valence-electron chi connectivity index (χ0n) is 15.9. The van der Waals surface area contributed by atoms with Gasteiger partial charge in [0.2, 0.25) is 0 Å². The minimum absolute atomic E-state index is 0.120. The van der Waals surface area contributed by atoms with Crippen LogP contribution in [0.5, 0.6) is 5.75 Å². The molecule has 29 heavy (non-hydrogen) atoms. The lowest BCUT2D eigenvalue weighted by atomic mass is 10.1. The van der Waals surface area contributed by atoms with Crippen LogP contribution in [-0.2, 0) is 13.5 Å².